The van der Waals surface area contributed by atoms with Crippen LogP contribution in [0.5, 0.6) is 5.75 Å². The molecule has 2 saturated heterocycles. The van der Waals surface area contributed by atoms with E-state index in [1.165, 1.54) is 0 Å². The van der Waals surface area contributed by atoms with Crippen molar-refractivity contribution in [2.75, 3.05) is 49.1 Å². The van der Waals surface area contributed by atoms with Crippen molar-refractivity contribution < 1.29 is 18.3 Å². The van der Waals surface area contributed by atoms with Gasteiger partial charge >= 0.3 is 0 Å². The van der Waals surface area contributed by atoms with Gasteiger partial charge in [0.1, 0.15) is 5.75 Å². The highest BCUT2D eigenvalue weighted by Gasteiger charge is 2.39. The van der Waals surface area contributed by atoms with Crippen molar-refractivity contribution >= 4 is 21.4 Å². The molecule has 7 nitrogen and oxygen atoms in total. The van der Waals surface area contributed by atoms with Gasteiger partial charge in [0.25, 0.3) is 0 Å². The second kappa shape index (κ2) is 6.84. The number of phenolic OH excluding ortho intramolecular Hbond substituents is 1. The molecule has 2 N–H and O–H groups in total. The van der Waals surface area contributed by atoms with Crippen LogP contribution in [0.25, 0.3) is 0 Å². The number of carbonyl (C=O) groups is 1. The summed E-state index contributed by atoms with van der Waals surface area (Å²) in [4.78, 5) is 16.6. The smallest absolute Gasteiger partial charge is 0.234 e. The molecule has 25 heavy (non-hydrogen) atoms. The summed E-state index contributed by atoms with van der Waals surface area (Å²) in [5, 5.41) is 12.3. The highest BCUT2D eigenvalue weighted by molar-refractivity contribution is 7.91. The molecule has 2 aliphatic rings. The quantitative estimate of drug-likeness (QED) is 0.791. The fourth-order valence-electron chi connectivity index (χ4n) is 3.52. The van der Waals surface area contributed by atoms with E-state index >= 15 is 0 Å². The predicted molar refractivity (Wildman–Crippen MR) is 96.6 cm³/mol. The predicted octanol–water partition coefficient (Wildman–Crippen LogP) is 0.208. The molecular weight excluding hydrogens is 342 g/mol. The molecule has 0 bridgehead atoms. The zero-order valence-electron chi connectivity index (χ0n) is 14.4. The van der Waals surface area contributed by atoms with E-state index in [2.05, 4.69) is 15.1 Å². The topological polar surface area (TPSA) is 89.9 Å². The van der Waals surface area contributed by atoms with Crippen LogP contribution in [0.4, 0.5) is 5.69 Å². The van der Waals surface area contributed by atoms with Crippen LogP contribution >= 0.6 is 0 Å². The van der Waals surface area contributed by atoms with Gasteiger partial charge in [0, 0.05) is 31.9 Å². The molecule has 0 saturated carbocycles. The SMILES string of the molecule is C[C@@]1(NC(=O)CN2CCN(c3ccc(O)cc3)CC2)CCS(=O)(=O)C1. The summed E-state index contributed by atoms with van der Waals surface area (Å²) in [5.74, 6) is 0.314. The first-order valence-corrected chi connectivity index (χ1v) is 10.3. The van der Waals surface area contributed by atoms with Gasteiger partial charge < -0.3 is 15.3 Å². The molecule has 0 unspecified atom stereocenters. The second-order valence-corrected chi connectivity index (χ2v) is 9.41. The molecule has 0 aromatic heterocycles. The maximum absolute atomic E-state index is 12.3. The van der Waals surface area contributed by atoms with Crippen molar-refractivity contribution in [3.05, 3.63) is 24.3 Å². The summed E-state index contributed by atoms with van der Waals surface area (Å²) in [7, 11) is -3.03. The van der Waals surface area contributed by atoms with Gasteiger partial charge in [0.15, 0.2) is 9.84 Å². The minimum Gasteiger partial charge on any atom is -0.508 e. The summed E-state index contributed by atoms with van der Waals surface area (Å²) in [6.07, 6.45) is 0.482. The fraction of sp³-hybridized carbons (Fsp3) is 0.588. The fourth-order valence-corrected chi connectivity index (χ4v) is 5.61. The number of hydrogen-bond acceptors (Lipinski definition) is 6. The van der Waals surface area contributed by atoms with E-state index < -0.39 is 15.4 Å². The molecule has 2 heterocycles. The number of nitrogens with zero attached hydrogens (tertiary/aromatic N) is 2. The number of nitrogens with one attached hydrogen (secondary N) is 1. The van der Waals surface area contributed by atoms with E-state index in [9.17, 15) is 18.3 Å². The zero-order valence-corrected chi connectivity index (χ0v) is 15.3. The van der Waals surface area contributed by atoms with Crippen molar-refractivity contribution in [2.45, 2.75) is 18.9 Å². The third kappa shape index (κ3) is 4.64. The average Bonchev–Trinajstić information content (AvgIpc) is 2.82. The minimum absolute atomic E-state index is 0.0281. The normalized spacial score (nSPS) is 26.5. The Bertz CT molecular complexity index is 727. The van der Waals surface area contributed by atoms with Gasteiger partial charge in [-0.05, 0) is 37.6 Å². The number of aromatic hydroxyl groups is 1. The monoisotopic (exact) mass is 367 g/mol. The molecule has 0 aliphatic carbocycles. The van der Waals surface area contributed by atoms with Crippen LogP contribution in [0, 0.1) is 0 Å². The highest BCUT2D eigenvalue weighted by Crippen LogP contribution is 2.23. The molecule has 1 aromatic carbocycles. The Morgan fingerprint density at radius 1 is 1.20 bits per heavy atom. The first-order chi connectivity index (χ1) is 11.7. The van der Waals surface area contributed by atoms with E-state index in [-0.39, 0.29) is 23.2 Å². The molecule has 8 heteroatoms. The van der Waals surface area contributed by atoms with Gasteiger partial charge in [0.2, 0.25) is 5.91 Å². The van der Waals surface area contributed by atoms with Gasteiger partial charge in [-0.3, -0.25) is 9.69 Å². The van der Waals surface area contributed by atoms with E-state index in [1.54, 1.807) is 19.1 Å². The number of anilines is 1. The van der Waals surface area contributed by atoms with E-state index in [4.69, 9.17) is 0 Å². The summed E-state index contributed by atoms with van der Waals surface area (Å²) in [6.45, 7) is 5.25. The third-order valence-electron chi connectivity index (χ3n) is 4.90. The van der Waals surface area contributed by atoms with Crippen LogP contribution in [-0.4, -0.2) is 74.1 Å². The van der Waals surface area contributed by atoms with Gasteiger partial charge in [-0.2, -0.15) is 0 Å². The number of sulfone groups is 1. The molecule has 3 rings (SSSR count). The Kier molecular flexibility index (Phi) is 4.92. The van der Waals surface area contributed by atoms with Crippen molar-refractivity contribution in [1.82, 2.24) is 10.2 Å². The maximum Gasteiger partial charge on any atom is 0.234 e. The Balaban J connectivity index is 1.47. The van der Waals surface area contributed by atoms with Gasteiger partial charge in [-0.25, -0.2) is 8.42 Å². The Morgan fingerprint density at radius 2 is 1.84 bits per heavy atom. The lowest BCUT2D eigenvalue weighted by Gasteiger charge is -2.36. The Morgan fingerprint density at radius 3 is 2.40 bits per heavy atom. The second-order valence-electron chi connectivity index (χ2n) is 7.23. The van der Waals surface area contributed by atoms with Crippen molar-refractivity contribution in [3.8, 4) is 5.75 Å². The van der Waals surface area contributed by atoms with Crippen molar-refractivity contribution in [3.63, 3.8) is 0 Å². The highest BCUT2D eigenvalue weighted by atomic mass is 32.2. The molecule has 1 atom stereocenters. The standard InChI is InChI=1S/C17H25N3O4S/c1-17(6-11-25(23,24)13-17)18-16(22)12-19-7-9-20(10-8-19)14-2-4-15(21)5-3-14/h2-5,21H,6-13H2,1H3,(H,18,22)/t17-/m1/s1. The molecule has 2 fully saturated rings. The first kappa shape index (κ1) is 18.0. The van der Waals surface area contributed by atoms with E-state index in [1.807, 2.05) is 12.1 Å². The molecule has 2 aliphatic heterocycles. The van der Waals surface area contributed by atoms with Crippen LogP contribution in [0.3, 0.4) is 0 Å². The summed E-state index contributed by atoms with van der Waals surface area (Å²) >= 11 is 0. The lowest BCUT2D eigenvalue weighted by molar-refractivity contribution is -0.123. The molecule has 0 spiro atoms. The number of hydrogen-bond donors (Lipinski definition) is 2. The Labute approximate surface area is 148 Å². The van der Waals surface area contributed by atoms with E-state index in [0.29, 0.717) is 13.0 Å². The molecule has 138 valence electrons. The summed E-state index contributed by atoms with van der Waals surface area (Å²) in [5.41, 5.74) is 0.426. The van der Waals surface area contributed by atoms with Gasteiger partial charge in [-0.15, -0.1) is 0 Å². The molecular formula is C17H25N3O4S. The van der Waals surface area contributed by atoms with Gasteiger partial charge in [-0.1, -0.05) is 0 Å². The Hall–Kier alpha value is -1.80. The molecule has 1 amide bonds. The molecule has 1 aromatic rings. The van der Waals surface area contributed by atoms with Crippen LogP contribution in [-0.2, 0) is 14.6 Å². The van der Waals surface area contributed by atoms with Crippen LogP contribution in [0.1, 0.15) is 13.3 Å². The number of carbonyl (C=O) groups excluding carboxylic acids is 1. The molecule has 0 radical (unpaired) electrons. The van der Waals surface area contributed by atoms with Gasteiger partial charge in [0.05, 0.1) is 23.6 Å². The number of amides is 1. The third-order valence-corrected chi connectivity index (χ3v) is 6.80. The lowest BCUT2D eigenvalue weighted by Crippen LogP contribution is -2.53. The van der Waals surface area contributed by atoms with Crippen LogP contribution < -0.4 is 10.2 Å². The number of rotatable bonds is 4. The first-order valence-electron chi connectivity index (χ1n) is 8.53. The van der Waals surface area contributed by atoms with Crippen molar-refractivity contribution in [2.24, 2.45) is 0 Å². The van der Waals surface area contributed by atoms with Crippen LogP contribution in [0.2, 0.25) is 0 Å². The minimum atomic E-state index is -3.03. The largest absolute Gasteiger partial charge is 0.508 e. The zero-order chi connectivity index (χ0) is 18.1. The maximum atomic E-state index is 12.3. The average molecular weight is 367 g/mol. The number of piperazine rings is 1. The van der Waals surface area contributed by atoms with Crippen LogP contribution in [0.15, 0.2) is 24.3 Å². The summed E-state index contributed by atoms with van der Waals surface area (Å²) in [6, 6.07) is 7.12. The number of phenols is 1. The summed E-state index contributed by atoms with van der Waals surface area (Å²) < 4.78 is 23.3. The van der Waals surface area contributed by atoms with Crippen molar-refractivity contribution in [1.29, 1.82) is 0 Å². The van der Waals surface area contributed by atoms with E-state index in [0.717, 1.165) is 31.9 Å². The lowest BCUT2D eigenvalue weighted by atomic mass is 10.0. The number of benzene rings is 1.